The molecule has 2 aromatic carbocycles. The van der Waals surface area contributed by atoms with Crippen molar-refractivity contribution in [3.8, 4) is 11.5 Å². The van der Waals surface area contributed by atoms with Crippen LogP contribution in [0.25, 0.3) is 0 Å². The Balaban J connectivity index is 1.77. The molecule has 2 N–H and O–H groups in total. The maximum atomic E-state index is 11.3. The summed E-state index contributed by atoms with van der Waals surface area (Å²) in [6, 6.07) is 8.84. The second kappa shape index (κ2) is 9.27. The summed E-state index contributed by atoms with van der Waals surface area (Å²) in [6.07, 6.45) is 10.3. The lowest BCUT2D eigenvalue weighted by Crippen LogP contribution is -2.04. The lowest BCUT2D eigenvalue weighted by atomic mass is 9.85. The fourth-order valence-corrected chi connectivity index (χ4v) is 5.73. The van der Waals surface area contributed by atoms with Crippen LogP contribution in [0.2, 0.25) is 0 Å². The quantitative estimate of drug-likeness (QED) is 0.494. The molecule has 2 heteroatoms. The second-order valence-corrected chi connectivity index (χ2v) is 10.7. The Morgan fingerprint density at radius 2 is 1.00 bits per heavy atom. The third kappa shape index (κ3) is 4.64. The van der Waals surface area contributed by atoms with Gasteiger partial charge in [0.1, 0.15) is 11.5 Å². The van der Waals surface area contributed by atoms with E-state index in [9.17, 15) is 10.2 Å². The van der Waals surface area contributed by atoms with Crippen molar-refractivity contribution in [2.45, 2.75) is 109 Å². The molecule has 0 aliphatic heterocycles. The number of hydrogen-bond acceptors (Lipinski definition) is 2. The molecule has 2 saturated carbocycles. The summed E-state index contributed by atoms with van der Waals surface area (Å²) < 4.78 is 0. The zero-order valence-corrected chi connectivity index (χ0v) is 19.9. The van der Waals surface area contributed by atoms with Crippen LogP contribution < -0.4 is 0 Å². The highest BCUT2D eigenvalue weighted by Gasteiger charge is 2.26. The van der Waals surface area contributed by atoms with Crippen molar-refractivity contribution in [3.05, 3.63) is 57.6 Å². The van der Waals surface area contributed by atoms with E-state index in [0.717, 1.165) is 22.3 Å². The van der Waals surface area contributed by atoms with Gasteiger partial charge in [0.25, 0.3) is 0 Å². The normalized spacial score (nSPS) is 18.0. The SMILES string of the molecule is CC(C)c1cc(Cc2cc(C(C)C)cc(C3CCCC3)c2O)c(O)c(C2CCCC2)c1. The molecule has 0 saturated heterocycles. The van der Waals surface area contributed by atoms with Gasteiger partial charge in [-0.1, -0.05) is 77.6 Å². The third-order valence-electron chi connectivity index (χ3n) is 7.79. The molecular formula is C29H40O2. The maximum absolute atomic E-state index is 11.3. The van der Waals surface area contributed by atoms with Crippen molar-refractivity contribution >= 4 is 0 Å². The highest BCUT2D eigenvalue weighted by Crippen LogP contribution is 2.44. The number of hydrogen-bond donors (Lipinski definition) is 2. The molecule has 2 aliphatic rings. The third-order valence-corrected chi connectivity index (χ3v) is 7.79. The van der Waals surface area contributed by atoms with Crippen LogP contribution in [-0.2, 0) is 6.42 Å². The zero-order valence-electron chi connectivity index (χ0n) is 19.9. The molecule has 2 aromatic rings. The largest absolute Gasteiger partial charge is 0.507 e. The van der Waals surface area contributed by atoms with Crippen LogP contribution in [0.3, 0.4) is 0 Å². The minimum absolute atomic E-state index is 0.421. The summed E-state index contributed by atoms with van der Waals surface area (Å²) >= 11 is 0. The smallest absolute Gasteiger partial charge is 0.122 e. The van der Waals surface area contributed by atoms with E-state index in [1.165, 1.54) is 62.5 Å². The summed E-state index contributed by atoms with van der Waals surface area (Å²) in [7, 11) is 0. The molecule has 4 rings (SSSR count). The van der Waals surface area contributed by atoms with Gasteiger partial charge in [0.05, 0.1) is 0 Å². The molecule has 0 amide bonds. The van der Waals surface area contributed by atoms with Crippen LogP contribution in [0.5, 0.6) is 11.5 Å². The van der Waals surface area contributed by atoms with E-state index in [2.05, 4.69) is 52.0 Å². The standard InChI is InChI=1S/C29H40O2/c1-18(2)22-13-24(28(30)26(16-22)20-9-5-6-10-20)15-25-14-23(19(3)4)17-27(29(25)31)21-11-7-8-12-21/h13-14,16-21,30-31H,5-12,15H2,1-4H3. The Morgan fingerprint density at radius 3 is 1.32 bits per heavy atom. The van der Waals surface area contributed by atoms with E-state index in [1.807, 2.05) is 0 Å². The average molecular weight is 421 g/mol. The monoisotopic (exact) mass is 420 g/mol. The van der Waals surface area contributed by atoms with Gasteiger partial charge in [-0.15, -0.1) is 0 Å². The molecule has 2 fully saturated rings. The average Bonchev–Trinajstić information content (AvgIpc) is 3.44. The van der Waals surface area contributed by atoms with Crippen molar-refractivity contribution in [2.75, 3.05) is 0 Å². The van der Waals surface area contributed by atoms with Gasteiger partial charge in [0.15, 0.2) is 0 Å². The topological polar surface area (TPSA) is 40.5 Å². The Hall–Kier alpha value is -1.96. The summed E-state index contributed by atoms with van der Waals surface area (Å²) in [5.74, 6) is 2.72. The molecule has 0 radical (unpaired) electrons. The van der Waals surface area contributed by atoms with Crippen LogP contribution in [0, 0.1) is 0 Å². The molecular weight excluding hydrogens is 380 g/mol. The Kier molecular flexibility index (Phi) is 6.65. The fourth-order valence-electron chi connectivity index (χ4n) is 5.73. The van der Waals surface area contributed by atoms with E-state index in [4.69, 9.17) is 0 Å². The summed E-state index contributed by atoms with van der Waals surface area (Å²) in [4.78, 5) is 0. The number of phenolic OH excluding ortho intramolecular Hbond substituents is 2. The van der Waals surface area contributed by atoms with Gasteiger partial charge in [-0.05, 0) is 82.7 Å². The van der Waals surface area contributed by atoms with Gasteiger partial charge in [0, 0.05) is 6.42 Å². The van der Waals surface area contributed by atoms with Gasteiger partial charge >= 0.3 is 0 Å². The predicted octanol–water partition coefficient (Wildman–Crippen LogP) is 8.25. The molecule has 0 atom stereocenters. The molecule has 0 aromatic heterocycles. The predicted molar refractivity (Wildman–Crippen MR) is 130 cm³/mol. The Bertz CT molecular complexity index is 837. The summed E-state index contributed by atoms with van der Waals surface area (Å²) in [6.45, 7) is 8.90. The lowest BCUT2D eigenvalue weighted by Gasteiger charge is -2.21. The van der Waals surface area contributed by atoms with Crippen LogP contribution in [-0.4, -0.2) is 10.2 Å². The molecule has 0 unspecified atom stereocenters. The van der Waals surface area contributed by atoms with Gasteiger partial charge in [-0.25, -0.2) is 0 Å². The second-order valence-electron chi connectivity index (χ2n) is 10.7. The van der Waals surface area contributed by atoms with Crippen molar-refractivity contribution in [1.29, 1.82) is 0 Å². The molecule has 31 heavy (non-hydrogen) atoms. The van der Waals surface area contributed by atoms with E-state index >= 15 is 0 Å². The molecule has 2 nitrogen and oxygen atoms in total. The first kappa shape index (κ1) is 22.2. The summed E-state index contributed by atoms with van der Waals surface area (Å²) in [5, 5.41) is 22.6. The van der Waals surface area contributed by atoms with Crippen LogP contribution in [0.4, 0.5) is 0 Å². The minimum Gasteiger partial charge on any atom is -0.507 e. The highest BCUT2D eigenvalue weighted by atomic mass is 16.3. The maximum Gasteiger partial charge on any atom is 0.122 e. The molecule has 2 aliphatic carbocycles. The Morgan fingerprint density at radius 1 is 0.645 bits per heavy atom. The van der Waals surface area contributed by atoms with Crippen molar-refractivity contribution < 1.29 is 10.2 Å². The van der Waals surface area contributed by atoms with E-state index < -0.39 is 0 Å². The first-order chi connectivity index (χ1) is 14.8. The molecule has 0 heterocycles. The first-order valence-corrected chi connectivity index (χ1v) is 12.6. The first-order valence-electron chi connectivity index (χ1n) is 12.6. The number of aromatic hydroxyl groups is 2. The lowest BCUT2D eigenvalue weighted by molar-refractivity contribution is 0.448. The summed E-state index contributed by atoms with van der Waals surface area (Å²) in [5.41, 5.74) is 6.81. The van der Waals surface area contributed by atoms with Gasteiger partial charge in [-0.3, -0.25) is 0 Å². The highest BCUT2D eigenvalue weighted by molar-refractivity contribution is 5.53. The van der Waals surface area contributed by atoms with Crippen LogP contribution >= 0.6 is 0 Å². The van der Waals surface area contributed by atoms with E-state index in [0.29, 0.717) is 41.6 Å². The zero-order chi connectivity index (χ0) is 22.1. The molecule has 168 valence electrons. The van der Waals surface area contributed by atoms with E-state index in [1.54, 1.807) is 0 Å². The minimum atomic E-state index is 0.421. The van der Waals surface area contributed by atoms with Gasteiger partial charge < -0.3 is 10.2 Å². The van der Waals surface area contributed by atoms with Crippen LogP contribution in [0.1, 0.15) is 136 Å². The van der Waals surface area contributed by atoms with Crippen molar-refractivity contribution in [1.82, 2.24) is 0 Å². The Labute approximate surface area is 188 Å². The fraction of sp³-hybridized carbons (Fsp3) is 0.586. The van der Waals surface area contributed by atoms with Crippen LogP contribution in [0.15, 0.2) is 24.3 Å². The molecule has 0 bridgehead atoms. The number of benzene rings is 2. The van der Waals surface area contributed by atoms with Crippen molar-refractivity contribution in [2.24, 2.45) is 0 Å². The molecule has 0 spiro atoms. The van der Waals surface area contributed by atoms with Crippen molar-refractivity contribution in [3.63, 3.8) is 0 Å². The number of phenols is 2. The van der Waals surface area contributed by atoms with Gasteiger partial charge in [0.2, 0.25) is 0 Å². The van der Waals surface area contributed by atoms with E-state index in [-0.39, 0.29) is 0 Å². The van der Waals surface area contributed by atoms with Gasteiger partial charge in [-0.2, -0.15) is 0 Å². The number of rotatable bonds is 6.